The molecule has 3 nitrogen and oxygen atoms in total. The fourth-order valence-electron chi connectivity index (χ4n) is 3.48. The lowest BCUT2D eigenvalue weighted by atomic mass is 9.98. The van der Waals surface area contributed by atoms with Gasteiger partial charge in [0, 0.05) is 17.2 Å². The van der Waals surface area contributed by atoms with E-state index >= 15 is 0 Å². The highest BCUT2D eigenvalue weighted by Gasteiger charge is 2.25. The maximum atomic E-state index is 14.8. The molecule has 0 spiro atoms. The summed E-state index contributed by atoms with van der Waals surface area (Å²) in [6.07, 6.45) is 2.03. The Morgan fingerprint density at radius 1 is 0.923 bits per heavy atom. The van der Waals surface area contributed by atoms with Gasteiger partial charge in [0.25, 0.3) is 0 Å². The third-order valence-corrected chi connectivity index (χ3v) is 5.01. The van der Waals surface area contributed by atoms with Crippen molar-refractivity contribution in [2.75, 3.05) is 0 Å². The summed E-state index contributed by atoms with van der Waals surface area (Å²) < 4.78 is 36.5. The third kappa shape index (κ3) is 2.30. The zero-order valence-electron chi connectivity index (χ0n) is 15.4. The van der Waals surface area contributed by atoms with Crippen molar-refractivity contribution in [2.24, 2.45) is 7.05 Å². The van der Waals surface area contributed by atoms with Gasteiger partial charge in [-0.25, -0.2) is 8.96 Å². The number of hydrogen-bond acceptors (Lipinski definition) is 2. The largest absolute Gasteiger partial charge is 0.437 e. The van der Waals surface area contributed by atoms with E-state index < -0.39 is 5.95 Å². The summed E-state index contributed by atoms with van der Waals surface area (Å²) in [7, 11) is 1.95. The van der Waals surface area contributed by atoms with Crippen LogP contribution in [-0.2, 0) is 7.05 Å². The summed E-state index contributed by atoms with van der Waals surface area (Å²) in [5.74, 6) is -0.994. The summed E-state index contributed by atoms with van der Waals surface area (Å²) in [6.45, 7) is 7.53. The minimum Gasteiger partial charge on any atom is -0.437 e. The molecule has 0 unspecified atom stereocenters. The molecule has 4 rings (SSSR count). The van der Waals surface area contributed by atoms with Crippen molar-refractivity contribution >= 4 is 22.1 Å². The van der Waals surface area contributed by atoms with Crippen molar-refractivity contribution < 1.29 is 17.8 Å². The minimum atomic E-state index is -0.605. The third-order valence-electron chi connectivity index (χ3n) is 5.01. The summed E-state index contributed by atoms with van der Waals surface area (Å²) in [6, 6.07) is 5.15. The van der Waals surface area contributed by atoms with E-state index in [1.807, 2.05) is 38.6 Å². The number of aryl methyl sites for hydroxylation is 5. The zero-order chi connectivity index (χ0) is 18.7. The van der Waals surface area contributed by atoms with E-state index in [0.717, 1.165) is 27.9 Å². The molecule has 0 aliphatic carbocycles. The molecule has 0 N–H and O–H groups in total. The standard InChI is InChI=1S/C21H19F2N2O/c1-10-8-16(25(5)9-13(10)4)17-11(2)7-15(22)18-14-6-12(3)20(23)24-21(14)26-19(17)18/h6-9H,1-5H3/q+1. The number of benzene rings is 1. The smallest absolute Gasteiger partial charge is 0.230 e. The Hall–Kier alpha value is -2.82. The number of fused-ring (bicyclic) bond motifs is 3. The van der Waals surface area contributed by atoms with E-state index in [4.69, 9.17) is 4.42 Å². The van der Waals surface area contributed by atoms with Gasteiger partial charge in [0.1, 0.15) is 12.9 Å². The second kappa shape index (κ2) is 5.59. The molecule has 0 atom stereocenters. The van der Waals surface area contributed by atoms with Crippen LogP contribution in [0.3, 0.4) is 0 Å². The van der Waals surface area contributed by atoms with Gasteiger partial charge in [0.15, 0.2) is 11.8 Å². The Bertz CT molecular complexity index is 1210. The molecule has 5 heteroatoms. The maximum absolute atomic E-state index is 14.8. The molecule has 4 aromatic rings. The van der Waals surface area contributed by atoms with Crippen LogP contribution in [0.1, 0.15) is 22.3 Å². The first-order chi connectivity index (χ1) is 12.3. The molecule has 132 valence electrons. The summed E-state index contributed by atoms with van der Waals surface area (Å²) >= 11 is 0. The van der Waals surface area contributed by atoms with Gasteiger partial charge in [0.05, 0.1) is 16.3 Å². The van der Waals surface area contributed by atoms with Crippen LogP contribution in [0, 0.1) is 39.5 Å². The van der Waals surface area contributed by atoms with Crippen LogP contribution in [0.5, 0.6) is 0 Å². The second-order valence-corrected chi connectivity index (χ2v) is 6.94. The molecular formula is C21H19F2N2O+. The number of nitrogens with zero attached hydrogens (tertiary/aromatic N) is 2. The number of pyridine rings is 2. The SMILES string of the molecule is Cc1cc(-c2c(C)cc(F)c3c2oc2nc(F)c(C)cc23)[n+](C)cc1C. The predicted octanol–water partition coefficient (Wildman–Crippen LogP) is 4.98. The first kappa shape index (κ1) is 16.6. The van der Waals surface area contributed by atoms with Crippen molar-refractivity contribution in [3.8, 4) is 11.3 Å². The monoisotopic (exact) mass is 353 g/mol. The summed E-state index contributed by atoms with van der Waals surface area (Å²) in [5.41, 5.74) is 5.62. The van der Waals surface area contributed by atoms with E-state index in [0.29, 0.717) is 21.9 Å². The first-order valence-electron chi connectivity index (χ1n) is 8.43. The number of halogens is 2. The Morgan fingerprint density at radius 2 is 1.65 bits per heavy atom. The predicted molar refractivity (Wildman–Crippen MR) is 97.0 cm³/mol. The van der Waals surface area contributed by atoms with E-state index in [9.17, 15) is 8.78 Å². The van der Waals surface area contributed by atoms with E-state index in [1.165, 1.54) is 6.07 Å². The van der Waals surface area contributed by atoms with Crippen LogP contribution >= 0.6 is 0 Å². The summed E-state index contributed by atoms with van der Waals surface area (Å²) in [4.78, 5) is 3.87. The Morgan fingerprint density at radius 3 is 2.38 bits per heavy atom. The van der Waals surface area contributed by atoms with Crippen molar-refractivity contribution in [2.45, 2.75) is 27.7 Å². The van der Waals surface area contributed by atoms with Crippen LogP contribution in [0.4, 0.5) is 8.78 Å². The Balaban J connectivity index is 2.19. The lowest BCUT2D eigenvalue weighted by Crippen LogP contribution is -2.31. The average Bonchev–Trinajstić information content (AvgIpc) is 2.91. The second-order valence-electron chi connectivity index (χ2n) is 6.94. The molecule has 0 saturated heterocycles. The van der Waals surface area contributed by atoms with Gasteiger partial charge in [-0.3, -0.25) is 0 Å². The van der Waals surface area contributed by atoms with Gasteiger partial charge < -0.3 is 4.42 Å². The number of hydrogen-bond donors (Lipinski definition) is 0. The van der Waals surface area contributed by atoms with Gasteiger partial charge in [-0.2, -0.15) is 9.37 Å². The fourth-order valence-corrected chi connectivity index (χ4v) is 3.48. The maximum Gasteiger partial charge on any atom is 0.230 e. The molecular weight excluding hydrogens is 334 g/mol. The number of furan rings is 1. The van der Waals surface area contributed by atoms with Gasteiger partial charge in [-0.15, -0.1) is 0 Å². The number of rotatable bonds is 1. The minimum absolute atomic E-state index is 0.111. The highest BCUT2D eigenvalue weighted by atomic mass is 19.1. The molecule has 26 heavy (non-hydrogen) atoms. The molecule has 0 bridgehead atoms. The van der Waals surface area contributed by atoms with Crippen LogP contribution in [-0.4, -0.2) is 4.98 Å². The van der Waals surface area contributed by atoms with Crippen LogP contribution in [0.25, 0.3) is 33.3 Å². The van der Waals surface area contributed by atoms with Gasteiger partial charge in [-0.05, 0) is 51.0 Å². The molecule has 0 aliphatic rings. The van der Waals surface area contributed by atoms with E-state index in [-0.39, 0.29) is 11.5 Å². The van der Waals surface area contributed by atoms with Crippen LogP contribution in [0.2, 0.25) is 0 Å². The lowest BCUT2D eigenvalue weighted by molar-refractivity contribution is -0.660. The van der Waals surface area contributed by atoms with E-state index in [2.05, 4.69) is 11.1 Å². The van der Waals surface area contributed by atoms with Gasteiger partial charge >= 0.3 is 0 Å². The molecule has 0 aliphatic heterocycles. The number of aromatic nitrogens is 2. The Kier molecular flexibility index (Phi) is 3.58. The quantitative estimate of drug-likeness (QED) is 0.357. The zero-order valence-corrected chi connectivity index (χ0v) is 15.4. The molecule has 0 fully saturated rings. The van der Waals surface area contributed by atoms with E-state index in [1.54, 1.807) is 13.0 Å². The average molecular weight is 353 g/mol. The first-order valence-corrected chi connectivity index (χ1v) is 8.43. The van der Waals surface area contributed by atoms with Crippen molar-refractivity contribution in [1.82, 2.24) is 4.98 Å². The van der Waals surface area contributed by atoms with Crippen molar-refractivity contribution in [1.29, 1.82) is 0 Å². The molecule has 0 radical (unpaired) electrons. The Labute approximate surface area is 149 Å². The molecule has 0 amide bonds. The highest BCUT2D eigenvalue weighted by Crippen LogP contribution is 2.38. The summed E-state index contributed by atoms with van der Waals surface area (Å²) in [5, 5.41) is 0.832. The van der Waals surface area contributed by atoms with Crippen molar-refractivity contribution in [3.05, 3.63) is 58.4 Å². The highest BCUT2D eigenvalue weighted by molar-refractivity contribution is 6.09. The molecule has 0 saturated carbocycles. The molecule has 3 heterocycles. The van der Waals surface area contributed by atoms with Gasteiger partial charge in [-0.1, -0.05) is 0 Å². The molecule has 1 aromatic carbocycles. The normalized spacial score (nSPS) is 11.7. The topological polar surface area (TPSA) is 29.9 Å². The van der Waals surface area contributed by atoms with Crippen LogP contribution in [0.15, 0.2) is 28.8 Å². The lowest BCUT2D eigenvalue weighted by Gasteiger charge is -2.08. The van der Waals surface area contributed by atoms with Crippen molar-refractivity contribution in [3.63, 3.8) is 0 Å². The van der Waals surface area contributed by atoms with Gasteiger partial charge in [0.2, 0.25) is 17.4 Å². The fraction of sp³-hybridized carbons (Fsp3) is 0.238. The molecule has 3 aromatic heterocycles. The van der Waals surface area contributed by atoms with Crippen LogP contribution < -0.4 is 4.57 Å².